The third kappa shape index (κ3) is 3.47. The smallest absolute Gasteiger partial charge is 0.0602 e. The molecule has 0 amide bonds. The molecule has 1 rings (SSSR count). The Bertz CT molecular complexity index is 245. The molecule has 0 saturated heterocycles. The minimum atomic E-state index is 0.377. The summed E-state index contributed by atoms with van der Waals surface area (Å²) < 4.78 is 0. The van der Waals surface area contributed by atoms with E-state index in [-0.39, 0.29) is 0 Å². The third-order valence-electron chi connectivity index (χ3n) is 2.13. The van der Waals surface area contributed by atoms with Gasteiger partial charge in [-0.25, -0.2) is 0 Å². The van der Waals surface area contributed by atoms with Crippen molar-refractivity contribution in [2.24, 2.45) is 10.7 Å². The summed E-state index contributed by atoms with van der Waals surface area (Å²) in [5, 5.41) is 3.02. The zero-order valence-electron chi connectivity index (χ0n) is 9.25. The zero-order valence-corrected chi connectivity index (χ0v) is 9.25. The Balaban J connectivity index is 2.63. The van der Waals surface area contributed by atoms with Crippen LogP contribution in [0.1, 0.15) is 6.92 Å². The van der Waals surface area contributed by atoms with Gasteiger partial charge >= 0.3 is 0 Å². The highest BCUT2D eigenvalue weighted by Gasteiger charge is 2.13. The second kappa shape index (κ2) is 5.12. The van der Waals surface area contributed by atoms with Crippen molar-refractivity contribution in [3.63, 3.8) is 0 Å². The normalized spacial score (nSPS) is 24.9. The first kappa shape index (κ1) is 11.2. The van der Waals surface area contributed by atoms with Gasteiger partial charge in [0, 0.05) is 25.3 Å². The van der Waals surface area contributed by atoms with E-state index < -0.39 is 0 Å². The average molecular weight is 196 g/mol. The Morgan fingerprint density at radius 2 is 2.50 bits per heavy atom. The van der Waals surface area contributed by atoms with Gasteiger partial charge in [-0.3, -0.25) is 9.89 Å². The monoisotopic (exact) mass is 196 g/mol. The first-order valence-electron chi connectivity index (χ1n) is 4.97. The maximum Gasteiger partial charge on any atom is 0.0602 e. The number of nitrogens with two attached hydrogens (primary N) is 1. The Kier molecular flexibility index (Phi) is 4.10. The molecule has 0 aromatic carbocycles. The molecule has 0 aromatic heterocycles. The highest BCUT2D eigenvalue weighted by molar-refractivity contribution is 5.97. The molecule has 1 atom stereocenters. The Morgan fingerprint density at radius 1 is 1.79 bits per heavy atom. The van der Waals surface area contributed by atoms with Crippen LogP contribution < -0.4 is 11.1 Å². The second-order valence-corrected chi connectivity index (χ2v) is 3.92. The number of likely N-dealkylation sites (N-methyl/N-ethyl adjacent to an activating group) is 2. The van der Waals surface area contributed by atoms with E-state index in [0.717, 1.165) is 31.0 Å². The van der Waals surface area contributed by atoms with Gasteiger partial charge in [0.05, 0.1) is 11.8 Å². The van der Waals surface area contributed by atoms with Crippen LogP contribution in [0.4, 0.5) is 0 Å². The predicted octanol–water partition coefficient (Wildman–Crippen LogP) is -0.177. The maximum atomic E-state index is 5.81. The fourth-order valence-corrected chi connectivity index (χ4v) is 1.71. The van der Waals surface area contributed by atoms with E-state index in [1.807, 2.05) is 13.1 Å². The van der Waals surface area contributed by atoms with Crippen molar-refractivity contribution in [3.8, 4) is 0 Å². The SMILES string of the molecule is CNC/C(N)=C/C1=NC(C)CN(C)C1. The summed E-state index contributed by atoms with van der Waals surface area (Å²) in [6.07, 6.45) is 1.97. The van der Waals surface area contributed by atoms with Crippen molar-refractivity contribution in [1.29, 1.82) is 0 Å². The molecule has 1 heterocycles. The van der Waals surface area contributed by atoms with Gasteiger partial charge < -0.3 is 11.1 Å². The molecule has 0 saturated carbocycles. The fourth-order valence-electron chi connectivity index (χ4n) is 1.71. The molecule has 0 aromatic rings. The average Bonchev–Trinajstić information content (AvgIpc) is 2.01. The summed E-state index contributed by atoms with van der Waals surface area (Å²) in [4.78, 5) is 6.81. The predicted molar refractivity (Wildman–Crippen MR) is 60.6 cm³/mol. The zero-order chi connectivity index (χ0) is 10.6. The van der Waals surface area contributed by atoms with E-state index in [2.05, 4.69) is 29.2 Å². The van der Waals surface area contributed by atoms with E-state index in [9.17, 15) is 0 Å². The van der Waals surface area contributed by atoms with Gasteiger partial charge in [-0.15, -0.1) is 0 Å². The minimum absolute atomic E-state index is 0.377. The van der Waals surface area contributed by atoms with Crippen LogP contribution in [0.3, 0.4) is 0 Å². The molecule has 80 valence electrons. The topological polar surface area (TPSA) is 53.6 Å². The first-order chi connectivity index (χ1) is 6.61. The number of nitrogens with zero attached hydrogens (tertiary/aromatic N) is 2. The highest BCUT2D eigenvalue weighted by Crippen LogP contribution is 2.04. The van der Waals surface area contributed by atoms with Crippen LogP contribution in [0.5, 0.6) is 0 Å². The van der Waals surface area contributed by atoms with Crippen LogP contribution >= 0.6 is 0 Å². The van der Waals surface area contributed by atoms with Crippen LogP contribution in [0, 0.1) is 0 Å². The first-order valence-corrected chi connectivity index (χ1v) is 4.97. The summed E-state index contributed by atoms with van der Waals surface area (Å²) in [6.45, 7) is 4.77. The lowest BCUT2D eigenvalue weighted by Crippen LogP contribution is -2.37. The summed E-state index contributed by atoms with van der Waals surface area (Å²) in [5.41, 5.74) is 7.73. The standard InChI is InChI=1S/C10H20N4/c1-8-6-14(3)7-10(13-8)4-9(11)5-12-2/h4,8,12H,5-7,11H2,1-3H3/b9-4-. The van der Waals surface area contributed by atoms with Gasteiger partial charge in [-0.2, -0.15) is 0 Å². The second-order valence-electron chi connectivity index (χ2n) is 3.92. The fraction of sp³-hybridized carbons (Fsp3) is 0.700. The molecule has 0 radical (unpaired) electrons. The van der Waals surface area contributed by atoms with Crippen LogP contribution in [0.25, 0.3) is 0 Å². The van der Waals surface area contributed by atoms with Gasteiger partial charge in [0.25, 0.3) is 0 Å². The molecule has 4 nitrogen and oxygen atoms in total. The van der Waals surface area contributed by atoms with E-state index in [1.165, 1.54) is 0 Å². The largest absolute Gasteiger partial charge is 0.401 e. The quantitative estimate of drug-likeness (QED) is 0.658. The summed E-state index contributed by atoms with van der Waals surface area (Å²) in [6, 6.07) is 0.377. The van der Waals surface area contributed by atoms with E-state index in [1.54, 1.807) is 0 Å². The molecule has 1 aliphatic heterocycles. The number of hydrogen-bond acceptors (Lipinski definition) is 4. The summed E-state index contributed by atoms with van der Waals surface area (Å²) >= 11 is 0. The van der Waals surface area contributed by atoms with E-state index >= 15 is 0 Å². The van der Waals surface area contributed by atoms with E-state index in [0.29, 0.717) is 6.04 Å². The maximum absolute atomic E-state index is 5.81. The molecule has 1 unspecified atom stereocenters. The van der Waals surface area contributed by atoms with Crippen molar-refractivity contribution >= 4 is 5.71 Å². The Hall–Kier alpha value is -0.870. The van der Waals surface area contributed by atoms with Crippen molar-refractivity contribution in [2.45, 2.75) is 13.0 Å². The molecule has 14 heavy (non-hydrogen) atoms. The van der Waals surface area contributed by atoms with Gasteiger partial charge in [-0.1, -0.05) is 0 Å². The summed E-state index contributed by atoms with van der Waals surface area (Å²) in [5.74, 6) is 0. The molecule has 4 heteroatoms. The number of rotatable bonds is 3. The Morgan fingerprint density at radius 3 is 3.07 bits per heavy atom. The van der Waals surface area contributed by atoms with E-state index in [4.69, 9.17) is 5.73 Å². The highest BCUT2D eigenvalue weighted by atomic mass is 15.1. The third-order valence-corrected chi connectivity index (χ3v) is 2.13. The van der Waals surface area contributed by atoms with Crippen LogP contribution in [0.2, 0.25) is 0 Å². The molecular formula is C10H20N4. The molecule has 1 aliphatic rings. The van der Waals surface area contributed by atoms with Gasteiger partial charge in [0.15, 0.2) is 0 Å². The number of nitrogens with one attached hydrogen (secondary N) is 1. The number of aliphatic imine (C=N–C) groups is 1. The van der Waals surface area contributed by atoms with Crippen molar-refractivity contribution < 1.29 is 0 Å². The van der Waals surface area contributed by atoms with Crippen molar-refractivity contribution in [2.75, 3.05) is 33.7 Å². The molecule has 0 aliphatic carbocycles. The molecular weight excluding hydrogens is 176 g/mol. The Labute approximate surface area is 85.9 Å². The van der Waals surface area contributed by atoms with Crippen molar-refractivity contribution in [1.82, 2.24) is 10.2 Å². The van der Waals surface area contributed by atoms with Crippen molar-refractivity contribution in [3.05, 3.63) is 11.8 Å². The lowest BCUT2D eigenvalue weighted by atomic mass is 10.2. The van der Waals surface area contributed by atoms with Gasteiger partial charge in [-0.05, 0) is 27.1 Å². The molecule has 0 fully saturated rings. The lowest BCUT2D eigenvalue weighted by Gasteiger charge is -2.25. The number of hydrogen-bond donors (Lipinski definition) is 2. The minimum Gasteiger partial charge on any atom is -0.401 e. The van der Waals surface area contributed by atoms with Gasteiger partial charge in [0.2, 0.25) is 0 Å². The van der Waals surface area contributed by atoms with Crippen LogP contribution in [-0.4, -0.2) is 50.4 Å². The summed E-state index contributed by atoms with van der Waals surface area (Å²) in [7, 11) is 3.99. The lowest BCUT2D eigenvalue weighted by molar-refractivity contribution is 0.343. The molecule has 3 N–H and O–H groups in total. The van der Waals surface area contributed by atoms with Crippen LogP contribution in [0.15, 0.2) is 16.8 Å². The molecule has 0 bridgehead atoms. The van der Waals surface area contributed by atoms with Gasteiger partial charge in [0.1, 0.15) is 0 Å². The van der Waals surface area contributed by atoms with Crippen LogP contribution in [-0.2, 0) is 0 Å². The molecule has 0 spiro atoms.